The van der Waals surface area contributed by atoms with Gasteiger partial charge in [0.1, 0.15) is 0 Å². The molecule has 2 nitrogen and oxygen atoms in total. The van der Waals surface area contributed by atoms with Crippen molar-refractivity contribution < 1.29 is 4.74 Å². The first-order valence-electron chi connectivity index (χ1n) is 5.81. The lowest BCUT2D eigenvalue weighted by Crippen LogP contribution is -2.38. The Labute approximate surface area is 87.4 Å². The lowest BCUT2D eigenvalue weighted by Gasteiger charge is -2.22. The Kier molecular flexibility index (Phi) is 2.39. The highest BCUT2D eigenvalue weighted by Gasteiger charge is 2.59. The van der Waals surface area contributed by atoms with E-state index >= 15 is 0 Å². The molecule has 0 aromatic heterocycles. The minimum absolute atomic E-state index is 0.256. The van der Waals surface area contributed by atoms with Crippen LogP contribution in [-0.4, -0.2) is 24.8 Å². The fraction of sp³-hybridized carbons (Fsp3) is 1.00. The lowest BCUT2D eigenvalue weighted by molar-refractivity contribution is 0.0948. The minimum atomic E-state index is 0.256. The molecule has 82 valence electrons. The van der Waals surface area contributed by atoms with Gasteiger partial charge in [-0.3, -0.25) is 0 Å². The molecule has 2 heteroatoms. The monoisotopic (exact) mass is 197 g/mol. The van der Waals surface area contributed by atoms with Crippen molar-refractivity contribution in [2.75, 3.05) is 13.2 Å². The van der Waals surface area contributed by atoms with Crippen molar-refractivity contribution in [2.45, 2.75) is 52.2 Å². The van der Waals surface area contributed by atoms with Crippen LogP contribution in [0.1, 0.15) is 40.5 Å². The Morgan fingerprint density at radius 2 is 2.14 bits per heavy atom. The molecule has 0 amide bonds. The smallest absolute Gasteiger partial charge is 0.0607 e. The summed E-state index contributed by atoms with van der Waals surface area (Å²) in [6.07, 6.45) is 3.15. The largest absolute Gasteiger partial charge is 0.378 e. The Bertz CT molecular complexity index is 221. The van der Waals surface area contributed by atoms with Crippen molar-refractivity contribution in [2.24, 2.45) is 11.3 Å². The zero-order valence-corrected chi connectivity index (χ0v) is 9.89. The number of hydrogen-bond acceptors (Lipinski definition) is 2. The molecule has 2 aliphatic rings. The zero-order valence-electron chi connectivity index (χ0n) is 9.89. The van der Waals surface area contributed by atoms with Gasteiger partial charge in [-0.15, -0.1) is 0 Å². The number of hydrogen-bond donors (Lipinski definition) is 1. The van der Waals surface area contributed by atoms with Gasteiger partial charge in [-0.1, -0.05) is 0 Å². The number of ether oxygens (including phenoxy) is 1. The molecule has 0 aromatic rings. The van der Waals surface area contributed by atoms with E-state index < -0.39 is 0 Å². The predicted octanol–water partition coefficient (Wildman–Crippen LogP) is 2.19. The molecule has 1 heterocycles. The second kappa shape index (κ2) is 3.21. The van der Waals surface area contributed by atoms with Gasteiger partial charge in [0, 0.05) is 17.6 Å². The summed E-state index contributed by atoms with van der Waals surface area (Å²) in [6.45, 7) is 11.1. The first kappa shape index (κ1) is 10.4. The fourth-order valence-electron chi connectivity index (χ4n) is 2.70. The van der Waals surface area contributed by atoms with Crippen LogP contribution in [0.2, 0.25) is 0 Å². The Morgan fingerprint density at radius 1 is 1.43 bits per heavy atom. The third-order valence-corrected chi connectivity index (χ3v) is 3.90. The summed E-state index contributed by atoms with van der Waals surface area (Å²) in [5.74, 6) is 0.860. The lowest BCUT2D eigenvalue weighted by atomic mass is 9.96. The molecule has 1 aliphatic carbocycles. The van der Waals surface area contributed by atoms with E-state index in [-0.39, 0.29) is 5.54 Å². The van der Waals surface area contributed by atoms with Crippen LogP contribution in [-0.2, 0) is 4.74 Å². The van der Waals surface area contributed by atoms with Gasteiger partial charge in [-0.05, 0) is 53.0 Å². The van der Waals surface area contributed by atoms with Crippen LogP contribution in [0, 0.1) is 11.3 Å². The van der Waals surface area contributed by atoms with E-state index in [2.05, 4.69) is 33.0 Å². The quantitative estimate of drug-likeness (QED) is 0.732. The van der Waals surface area contributed by atoms with E-state index in [9.17, 15) is 0 Å². The van der Waals surface area contributed by atoms with Gasteiger partial charge in [0.25, 0.3) is 0 Å². The van der Waals surface area contributed by atoms with Crippen molar-refractivity contribution in [3.05, 3.63) is 0 Å². The minimum Gasteiger partial charge on any atom is -0.378 e. The van der Waals surface area contributed by atoms with Gasteiger partial charge in [0.15, 0.2) is 0 Å². The predicted molar refractivity (Wildman–Crippen MR) is 58.3 cm³/mol. The van der Waals surface area contributed by atoms with Crippen LogP contribution in [0.5, 0.6) is 0 Å². The Hall–Kier alpha value is -0.0800. The summed E-state index contributed by atoms with van der Waals surface area (Å²) in [6, 6.07) is 0. The molecule has 0 aromatic carbocycles. The second-order valence-electron chi connectivity index (χ2n) is 6.03. The summed E-state index contributed by atoms with van der Waals surface area (Å²) in [5.41, 5.74) is 0.810. The van der Waals surface area contributed by atoms with Gasteiger partial charge < -0.3 is 10.1 Å². The van der Waals surface area contributed by atoms with E-state index in [1.54, 1.807) is 0 Å². The molecule has 1 N–H and O–H groups in total. The zero-order chi connectivity index (χ0) is 10.4. The van der Waals surface area contributed by atoms with Gasteiger partial charge in [-0.25, -0.2) is 0 Å². The van der Waals surface area contributed by atoms with Crippen LogP contribution in [0.4, 0.5) is 0 Å². The van der Waals surface area contributed by atoms with E-state index in [0.29, 0.717) is 11.5 Å². The molecular weight excluding hydrogens is 174 g/mol. The second-order valence-corrected chi connectivity index (χ2v) is 6.03. The van der Waals surface area contributed by atoms with Gasteiger partial charge in [0.05, 0.1) is 6.10 Å². The van der Waals surface area contributed by atoms with E-state index in [1.165, 1.54) is 12.8 Å². The number of rotatable bonds is 2. The first-order chi connectivity index (χ1) is 6.44. The molecule has 0 bridgehead atoms. The summed E-state index contributed by atoms with van der Waals surface area (Å²) >= 11 is 0. The van der Waals surface area contributed by atoms with Crippen molar-refractivity contribution in [1.29, 1.82) is 0 Å². The molecular formula is C12H23NO. The Balaban J connectivity index is 1.81. The topological polar surface area (TPSA) is 21.3 Å². The van der Waals surface area contributed by atoms with Crippen molar-refractivity contribution in [3.8, 4) is 0 Å². The summed E-state index contributed by atoms with van der Waals surface area (Å²) < 4.78 is 5.66. The van der Waals surface area contributed by atoms with Gasteiger partial charge in [-0.2, -0.15) is 0 Å². The summed E-state index contributed by atoms with van der Waals surface area (Å²) in [5, 5.41) is 3.60. The molecule has 3 atom stereocenters. The van der Waals surface area contributed by atoms with Crippen molar-refractivity contribution in [3.63, 3.8) is 0 Å². The van der Waals surface area contributed by atoms with Crippen molar-refractivity contribution >= 4 is 0 Å². The van der Waals surface area contributed by atoms with Gasteiger partial charge >= 0.3 is 0 Å². The van der Waals surface area contributed by atoms with Crippen LogP contribution in [0.25, 0.3) is 0 Å². The molecule has 1 saturated heterocycles. The normalized spacial score (nSPS) is 42.0. The van der Waals surface area contributed by atoms with Gasteiger partial charge in [0.2, 0.25) is 0 Å². The highest BCUT2D eigenvalue weighted by molar-refractivity contribution is 5.09. The molecule has 1 spiro atoms. The first-order valence-corrected chi connectivity index (χ1v) is 5.81. The average molecular weight is 197 g/mol. The fourth-order valence-corrected chi connectivity index (χ4v) is 2.70. The molecule has 14 heavy (non-hydrogen) atoms. The maximum absolute atomic E-state index is 5.66. The Morgan fingerprint density at radius 3 is 2.64 bits per heavy atom. The molecule has 3 unspecified atom stereocenters. The maximum Gasteiger partial charge on any atom is 0.0607 e. The highest BCUT2D eigenvalue weighted by atomic mass is 16.5. The van der Waals surface area contributed by atoms with E-state index in [1.807, 2.05) is 0 Å². The summed E-state index contributed by atoms with van der Waals surface area (Å²) in [7, 11) is 0. The average Bonchev–Trinajstić information content (AvgIpc) is 2.63. The van der Waals surface area contributed by atoms with Crippen molar-refractivity contribution in [1.82, 2.24) is 5.32 Å². The van der Waals surface area contributed by atoms with E-state index in [4.69, 9.17) is 4.74 Å². The highest BCUT2D eigenvalue weighted by Crippen LogP contribution is 2.60. The molecule has 1 aliphatic heterocycles. The third kappa shape index (κ3) is 1.82. The van der Waals surface area contributed by atoms with E-state index in [0.717, 1.165) is 19.1 Å². The molecule has 2 fully saturated rings. The molecule has 2 rings (SSSR count). The summed E-state index contributed by atoms with van der Waals surface area (Å²) in [4.78, 5) is 0. The SMILES string of the molecule is CC1OCCC12CC2CNC(C)(C)C. The van der Waals surface area contributed by atoms with Crippen LogP contribution in [0.3, 0.4) is 0 Å². The van der Waals surface area contributed by atoms with Crippen LogP contribution >= 0.6 is 0 Å². The van der Waals surface area contributed by atoms with Crippen LogP contribution in [0.15, 0.2) is 0 Å². The number of nitrogens with one attached hydrogen (secondary N) is 1. The van der Waals surface area contributed by atoms with Crippen LogP contribution < -0.4 is 5.32 Å². The molecule has 1 saturated carbocycles. The maximum atomic E-state index is 5.66. The third-order valence-electron chi connectivity index (χ3n) is 3.90. The standard InChI is InChI=1S/C12H23NO/c1-9-12(5-6-14-9)7-10(12)8-13-11(2,3)4/h9-10,13H,5-8H2,1-4H3. The molecule has 0 radical (unpaired) electrons.